The summed E-state index contributed by atoms with van der Waals surface area (Å²) in [5.74, 6) is 2.98. The van der Waals surface area contributed by atoms with Gasteiger partial charge in [-0.25, -0.2) is 0 Å². The fourth-order valence-corrected chi connectivity index (χ4v) is 1.27. The van der Waals surface area contributed by atoms with Gasteiger partial charge in [-0.05, 0) is 13.0 Å². The van der Waals surface area contributed by atoms with Crippen molar-refractivity contribution in [3.8, 4) is 17.7 Å². The molecule has 1 N–H and O–H groups in total. The van der Waals surface area contributed by atoms with E-state index in [1.807, 2.05) is 33.8 Å². The lowest BCUT2D eigenvalue weighted by Gasteiger charge is -1.91. The first-order valence-corrected chi connectivity index (χ1v) is 5.89. The molecule has 0 aliphatic heterocycles. The van der Waals surface area contributed by atoms with Gasteiger partial charge in [-0.3, -0.25) is 9.55 Å². The first-order chi connectivity index (χ1) is 8.33. The van der Waals surface area contributed by atoms with E-state index >= 15 is 0 Å². The van der Waals surface area contributed by atoms with Gasteiger partial charge in [-0.2, -0.15) is 0 Å². The maximum absolute atomic E-state index is 9.49. The smallest absolute Gasteiger partial charge is 0.143 e. The van der Waals surface area contributed by atoms with Crippen LogP contribution in [0.3, 0.4) is 0 Å². The van der Waals surface area contributed by atoms with Gasteiger partial charge in [-0.15, -0.1) is 0 Å². The maximum atomic E-state index is 9.49. The van der Waals surface area contributed by atoms with E-state index in [1.54, 1.807) is 30.1 Å². The fourth-order valence-electron chi connectivity index (χ4n) is 1.27. The van der Waals surface area contributed by atoms with Crippen molar-refractivity contribution in [2.24, 2.45) is 0 Å². The molecule has 92 valence electrons. The number of nitrogens with zero attached hydrogens (tertiary/aromatic N) is 2. The summed E-state index contributed by atoms with van der Waals surface area (Å²) in [6.45, 7) is 9.75. The molecular weight excluding hydrogens is 212 g/mol. The molecule has 0 saturated carbocycles. The number of pyridine rings is 1. The van der Waals surface area contributed by atoms with Gasteiger partial charge in [0.05, 0.1) is 17.1 Å². The van der Waals surface area contributed by atoms with Crippen LogP contribution in [0.15, 0.2) is 24.7 Å². The van der Waals surface area contributed by atoms with Crippen molar-refractivity contribution >= 4 is 10.9 Å². The third-order valence-corrected chi connectivity index (χ3v) is 1.82. The summed E-state index contributed by atoms with van der Waals surface area (Å²) < 4.78 is 1.69. The normalized spacial score (nSPS) is 8.06. The van der Waals surface area contributed by atoms with E-state index in [1.165, 1.54) is 0 Å². The van der Waals surface area contributed by atoms with Crippen molar-refractivity contribution in [1.82, 2.24) is 9.55 Å². The average molecular weight is 232 g/mol. The summed E-state index contributed by atoms with van der Waals surface area (Å²) >= 11 is 0. The minimum absolute atomic E-state index is 0.214. The summed E-state index contributed by atoms with van der Waals surface area (Å²) in [4.78, 5) is 3.93. The van der Waals surface area contributed by atoms with Gasteiger partial charge >= 0.3 is 0 Å². The molecular formula is C14H20N2O. The highest BCUT2D eigenvalue weighted by molar-refractivity contribution is 5.86. The number of aromatic hydroxyl groups is 1. The Morgan fingerprint density at radius 1 is 1.24 bits per heavy atom. The molecule has 0 aliphatic carbocycles. The van der Waals surface area contributed by atoms with Crippen molar-refractivity contribution in [2.45, 2.75) is 34.6 Å². The van der Waals surface area contributed by atoms with Crippen molar-refractivity contribution in [2.75, 3.05) is 0 Å². The monoisotopic (exact) mass is 232 g/mol. The lowest BCUT2D eigenvalue weighted by Crippen LogP contribution is -1.84. The lowest BCUT2D eigenvalue weighted by molar-refractivity contribution is 0.480. The third-order valence-electron chi connectivity index (χ3n) is 1.82. The van der Waals surface area contributed by atoms with Gasteiger partial charge in [0, 0.05) is 18.4 Å². The van der Waals surface area contributed by atoms with E-state index < -0.39 is 0 Å². The van der Waals surface area contributed by atoms with Gasteiger partial charge in [0.1, 0.15) is 5.75 Å². The Kier molecular flexibility index (Phi) is 7.29. The van der Waals surface area contributed by atoms with Gasteiger partial charge < -0.3 is 5.11 Å². The molecule has 0 bridgehead atoms. The highest BCUT2D eigenvalue weighted by Gasteiger charge is 2.04. The minimum atomic E-state index is 0.214. The SMILES string of the molecule is CC.CC.CC#Cn1cc(O)c2cnccc21. The molecule has 2 aromatic rings. The Hall–Kier alpha value is -1.95. The summed E-state index contributed by atoms with van der Waals surface area (Å²) in [5, 5.41) is 10.2. The fraction of sp³-hybridized carbons (Fsp3) is 0.357. The molecule has 0 atom stereocenters. The predicted octanol–water partition coefficient (Wildman–Crippen LogP) is 3.62. The maximum Gasteiger partial charge on any atom is 0.143 e. The molecule has 3 nitrogen and oxygen atoms in total. The lowest BCUT2D eigenvalue weighted by atomic mass is 10.3. The molecule has 0 spiro atoms. The zero-order chi connectivity index (χ0) is 13.3. The summed E-state index contributed by atoms with van der Waals surface area (Å²) in [6, 6.07) is 4.67. The van der Waals surface area contributed by atoms with Crippen LogP contribution in [0, 0.1) is 12.0 Å². The average Bonchev–Trinajstić information content (AvgIpc) is 2.73. The van der Waals surface area contributed by atoms with Crippen molar-refractivity contribution in [3.05, 3.63) is 24.7 Å². The van der Waals surface area contributed by atoms with Crippen molar-refractivity contribution in [1.29, 1.82) is 0 Å². The molecule has 17 heavy (non-hydrogen) atoms. The van der Waals surface area contributed by atoms with E-state index in [4.69, 9.17) is 0 Å². The molecule has 3 heteroatoms. The third kappa shape index (κ3) is 3.53. The Bertz CT molecular complexity index is 504. The minimum Gasteiger partial charge on any atom is -0.506 e. The topological polar surface area (TPSA) is 38.0 Å². The second kappa shape index (κ2) is 8.23. The molecule has 0 unspecified atom stereocenters. The zero-order valence-electron chi connectivity index (χ0n) is 11.2. The van der Waals surface area contributed by atoms with E-state index in [9.17, 15) is 5.11 Å². The second-order valence-corrected chi connectivity index (χ2v) is 2.64. The molecule has 2 heterocycles. The number of rotatable bonds is 0. The molecule has 0 fully saturated rings. The van der Waals surface area contributed by atoms with Crippen LogP contribution < -0.4 is 0 Å². The van der Waals surface area contributed by atoms with Crippen molar-refractivity contribution in [3.63, 3.8) is 0 Å². The highest BCUT2D eigenvalue weighted by Crippen LogP contribution is 2.24. The standard InChI is InChI=1S/C10H8N2O.2C2H6/c1-2-5-12-7-10(13)8-6-11-4-3-9(8)12;2*1-2/h3-4,6-7,13H,1H3;2*1-2H3. The van der Waals surface area contributed by atoms with E-state index in [0.717, 1.165) is 10.9 Å². The number of fused-ring (bicyclic) bond motifs is 1. The molecule has 0 aliphatic rings. The Labute approximate surface area is 103 Å². The van der Waals surface area contributed by atoms with Crippen LogP contribution in [-0.2, 0) is 0 Å². The molecule has 2 aromatic heterocycles. The van der Waals surface area contributed by atoms with Crippen molar-refractivity contribution < 1.29 is 5.11 Å². The highest BCUT2D eigenvalue weighted by atomic mass is 16.3. The quantitative estimate of drug-likeness (QED) is 0.704. The number of hydrogen-bond donors (Lipinski definition) is 1. The zero-order valence-corrected chi connectivity index (χ0v) is 11.2. The Morgan fingerprint density at radius 3 is 2.47 bits per heavy atom. The summed E-state index contributed by atoms with van der Waals surface area (Å²) in [7, 11) is 0. The second-order valence-electron chi connectivity index (χ2n) is 2.64. The van der Waals surface area contributed by atoms with Gasteiger partial charge in [0.15, 0.2) is 0 Å². The van der Waals surface area contributed by atoms with Crippen LogP contribution in [0.5, 0.6) is 5.75 Å². The van der Waals surface area contributed by atoms with Crippen LogP contribution in [0.2, 0.25) is 0 Å². The van der Waals surface area contributed by atoms with E-state index in [2.05, 4.69) is 16.9 Å². The van der Waals surface area contributed by atoms with E-state index in [0.29, 0.717) is 0 Å². The first-order valence-electron chi connectivity index (χ1n) is 5.89. The first kappa shape index (κ1) is 15.0. The molecule has 0 radical (unpaired) electrons. The molecule has 0 aromatic carbocycles. The van der Waals surface area contributed by atoms with Crippen LogP contribution in [0.25, 0.3) is 10.9 Å². The number of aromatic nitrogens is 2. The summed E-state index contributed by atoms with van der Waals surface area (Å²) in [5.41, 5.74) is 0.877. The molecule has 2 rings (SSSR count). The number of hydrogen-bond acceptors (Lipinski definition) is 2. The van der Waals surface area contributed by atoms with Crippen LogP contribution in [-0.4, -0.2) is 14.7 Å². The molecule has 0 saturated heterocycles. The van der Waals surface area contributed by atoms with Gasteiger partial charge in [0.2, 0.25) is 0 Å². The van der Waals surface area contributed by atoms with E-state index in [-0.39, 0.29) is 5.75 Å². The van der Waals surface area contributed by atoms with Crippen LogP contribution in [0.4, 0.5) is 0 Å². The largest absolute Gasteiger partial charge is 0.506 e. The predicted molar refractivity (Wildman–Crippen MR) is 72.9 cm³/mol. The Morgan fingerprint density at radius 2 is 1.88 bits per heavy atom. The molecule has 0 amide bonds. The van der Waals surface area contributed by atoms with Crippen LogP contribution in [0.1, 0.15) is 34.6 Å². The van der Waals surface area contributed by atoms with Crippen LogP contribution >= 0.6 is 0 Å². The van der Waals surface area contributed by atoms with Gasteiger partial charge in [-0.1, -0.05) is 33.6 Å². The van der Waals surface area contributed by atoms with Gasteiger partial charge in [0.25, 0.3) is 0 Å². The summed E-state index contributed by atoms with van der Waals surface area (Å²) in [6.07, 6.45) is 4.89. The Balaban J connectivity index is 0.000000581.